The number of halogens is 1. The number of hydrogen-bond acceptors (Lipinski definition) is 5. The molecule has 0 bridgehead atoms. The van der Waals surface area contributed by atoms with Crippen LogP contribution in [0.5, 0.6) is 5.75 Å². The molecule has 1 amide bonds. The number of guanidine groups is 1. The van der Waals surface area contributed by atoms with Crippen molar-refractivity contribution in [3.05, 3.63) is 30.3 Å². The Morgan fingerprint density at radius 1 is 1.17 bits per heavy atom. The number of amides is 1. The van der Waals surface area contributed by atoms with E-state index >= 15 is 0 Å². The van der Waals surface area contributed by atoms with Crippen LogP contribution in [-0.2, 0) is 9.53 Å². The van der Waals surface area contributed by atoms with Gasteiger partial charge in [-0.25, -0.2) is 4.99 Å². The third-order valence-electron chi connectivity index (χ3n) is 4.32. The first-order valence-corrected chi connectivity index (χ1v) is 9.85. The molecule has 0 aliphatic carbocycles. The van der Waals surface area contributed by atoms with E-state index in [1.165, 1.54) is 0 Å². The van der Waals surface area contributed by atoms with Crippen LogP contribution in [0.3, 0.4) is 0 Å². The van der Waals surface area contributed by atoms with Crippen molar-refractivity contribution in [2.75, 3.05) is 73.2 Å². The second-order valence-electron chi connectivity index (χ2n) is 6.78. The van der Waals surface area contributed by atoms with Gasteiger partial charge in [-0.1, -0.05) is 18.2 Å². The lowest BCUT2D eigenvalue weighted by molar-refractivity contribution is -0.127. The fourth-order valence-electron chi connectivity index (χ4n) is 2.61. The molecule has 164 valence electrons. The fraction of sp³-hybridized carbons (Fsp3) is 0.600. The third kappa shape index (κ3) is 11.2. The minimum Gasteiger partial charge on any atom is -0.494 e. The number of para-hydroxylation sites is 1. The Labute approximate surface area is 191 Å². The molecule has 0 saturated carbocycles. The average Bonchev–Trinajstić information content (AvgIpc) is 2.72. The smallest absolute Gasteiger partial charge is 0.243 e. The second-order valence-corrected chi connectivity index (χ2v) is 6.78. The van der Waals surface area contributed by atoms with Crippen LogP contribution in [0.1, 0.15) is 6.42 Å². The Hall–Kier alpha value is -1.59. The Morgan fingerprint density at radius 3 is 2.55 bits per heavy atom. The molecule has 0 radical (unpaired) electrons. The monoisotopic (exact) mass is 519 g/mol. The number of hydrogen-bond donors (Lipinski definition) is 2. The SMILES string of the molecule is CN(C)C(=O)CN=C(NCCCOc1ccccc1)NCCN1CCOCC1.I. The zero-order valence-corrected chi connectivity index (χ0v) is 19.8. The molecule has 0 unspecified atom stereocenters. The topological polar surface area (TPSA) is 78.4 Å². The first-order valence-electron chi connectivity index (χ1n) is 9.85. The number of nitrogens with zero attached hydrogens (tertiary/aromatic N) is 3. The van der Waals surface area contributed by atoms with E-state index in [0.29, 0.717) is 19.1 Å². The molecule has 0 atom stereocenters. The minimum absolute atomic E-state index is 0. The van der Waals surface area contributed by atoms with Crippen molar-refractivity contribution in [2.24, 2.45) is 4.99 Å². The van der Waals surface area contributed by atoms with Crippen LogP contribution in [0.2, 0.25) is 0 Å². The van der Waals surface area contributed by atoms with Crippen LogP contribution < -0.4 is 15.4 Å². The highest BCUT2D eigenvalue weighted by Gasteiger charge is 2.10. The van der Waals surface area contributed by atoms with Gasteiger partial charge in [-0.05, 0) is 18.6 Å². The van der Waals surface area contributed by atoms with E-state index in [4.69, 9.17) is 9.47 Å². The predicted octanol–water partition coefficient (Wildman–Crippen LogP) is 1.03. The summed E-state index contributed by atoms with van der Waals surface area (Å²) in [5, 5.41) is 6.60. The number of carbonyl (C=O) groups is 1. The summed E-state index contributed by atoms with van der Waals surface area (Å²) < 4.78 is 11.1. The highest BCUT2D eigenvalue weighted by Crippen LogP contribution is 2.07. The zero-order chi connectivity index (χ0) is 20.0. The normalized spacial score (nSPS) is 14.6. The quantitative estimate of drug-likeness (QED) is 0.208. The summed E-state index contributed by atoms with van der Waals surface area (Å²) in [7, 11) is 3.47. The van der Waals surface area contributed by atoms with Crippen molar-refractivity contribution in [3.8, 4) is 5.75 Å². The molecule has 1 fully saturated rings. The van der Waals surface area contributed by atoms with Crippen molar-refractivity contribution in [1.82, 2.24) is 20.4 Å². The van der Waals surface area contributed by atoms with Crippen molar-refractivity contribution < 1.29 is 14.3 Å². The molecule has 29 heavy (non-hydrogen) atoms. The summed E-state index contributed by atoms with van der Waals surface area (Å²) in [6.07, 6.45) is 0.834. The van der Waals surface area contributed by atoms with Crippen LogP contribution >= 0.6 is 24.0 Å². The number of carbonyl (C=O) groups excluding carboxylic acids is 1. The highest BCUT2D eigenvalue weighted by atomic mass is 127. The van der Waals surface area contributed by atoms with Gasteiger partial charge < -0.3 is 25.0 Å². The van der Waals surface area contributed by atoms with Crippen LogP contribution in [0, 0.1) is 0 Å². The van der Waals surface area contributed by atoms with Crippen LogP contribution in [0.25, 0.3) is 0 Å². The summed E-state index contributed by atoms with van der Waals surface area (Å²) in [4.78, 5) is 20.1. The fourth-order valence-corrected chi connectivity index (χ4v) is 2.61. The molecule has 1 aromatic carbocycles. The molecule has 0 aromatic heterocycles. The largest absolute Gasteiger partial charge is 0.494 e. The van der Waals surface area contributed by atoms with E-state index in [0.717, 1.165) is 51.6 Å². The molecule has 8 nitrogen and oxygen atoms in total. The number of benzene rings is 1. The van der Waals surface area contributed by atoms with Gasteiger partial charge in [0.05, 0.1) is 19.8 Å². The van der Waals surface area contributed by atoms with Gasteiger partial charge in [0.2, 0.25) is 5.91 Å². The highest BCUT2D eigenvalue weighted by molar-refractivity contribution is 14.0. The summed E-state index contributed by atoms with van der Waals surface area (Å²) >= 11 is 0. The maximum absolute atomic E-state index is 11.8. The second kappa shape index (κ2) is 15.3. The lowest BCUT2D eigenvalue weighted by Crippen LogP contribution is -2.45. The van der Waals surface area contributed by atoms with Crippen molar-refractivity contribution in [1.29, 1.82) is 0 Å². The Morgan fingerprint density at radius 2 is 1.86 bits per heavy atom. The number of nitrogens with one attached hydrogen (secondary N) is 2. The van der Waals surface area contributed by atoms with Crippen LogP contribution in [0.4, 0.5) is 0 Å². The van der Waals surface area contributed by atoms with Gasteiger partial charge in [-0.3, -0.25) is 9.69 Å². The molecular weight excluding hydrogens is 485 g/mol. The zero-order valence-electron chi connectivity index (χ0n) is 17.4. The van der Waals surface area contributed by atoms with Gasteiger partial charge in [0.1, 0.15) is 12.3 Å². The first-order chi connectivity index (χ1) is 13.6. The van der Waals surface area contributed by atoms with Gasteiger partial charge in [-0.15, -0.1) is 24.0 Å². The van der Waals surface area contributed by atoms with Crippen LogP contribution in [0.15, 0.2) is 35.3 Å². The molecule has 0 spiro atoms. The van der Waals surface area contributed by atoms with E-state index in [9.17, 15) is 4.79 Å². The number of likely N-dealkylation sites (N-methyl/N-ethyl adjacent to an activating group) is 1. The van der Waals surface area contributed by atoms with Gasteiger partial charge in [0.15, 0.2) is 5.96 Å². The summed E-state index contributed by atoms with van der Waals surface area (Å²) in [6.45, 7) is 6.64. The van der Waals surface area contributed by atoms with Gasteiger partial charge in [0.25, 0.3) is 0 Å². The Balaban J connectivity index is 0.00000420. The molecular formula is C20H34IN5O3. The maximum atomic E-state index is 11.8. The van der Waals surface area contributed by atoms with E-state index < -0.39 is 0 Å². The summed E-state index contributed by atoms with van der Waals surface area (Å²) in [6, 6.07) is 9.77. The lowest BCUT2D eigenvalue weighted by atomic mass is 10.3. The molecule has 1 aliphatic rings. The molecule has 2 N–H and O–H groups in total. The van der Waals surface area contributed by atoms with E-state index in [1.54, 1.807) is 19.0 Å². The number of morpholine rings is 1. The standard InChI is InChI=1S/C20H33N5O3.HI/c1-24(2)19(26)17-23-20(22-10-11-25-12-15-27-16-13-25)21-9-6-14-28-18-7-4-3-5-8-18;/h3-5,7-8H,6,9-17H2,1-2H3,(H2,21,22,23);1H. The number of rotatable bonds is 10. The summed E-state index contributed by atoms with van der Waals surface area (Å²) in [5.74, 6) is 1.50. The molecule has 1 heterocycles. The van der Waals surface area contributed by atoms with E-state index in [1.807, 2.05) is 30.3 Å². The van der Waals surface area contributed by atoms with Crippen molar-refractivity contribution in [2.45, 2.75) is 6.42 Å². The molecule has 1 saturated heterocycles. The van der Waals surface area contributed by atoms with Crippen molar-refractivity contribution in [3.63, 3.8) is 0 Å². The van der Waals surface area contributed by atoms with Gasteiger partial charge >= 0.3 is 0 Å². The number of ether oxygens (including phenoxy) is 2. The maximum Gasteiger partial charge on any atom is 0.243 e. The molecule has 1 aromatic rings. The van der Waals surface area contributed by atoms with Gasteiger partial charge in [0, 0.05) is 46.8 Å². The van der Waals surface area contributed by atoms with E-state index in [-0.39, 0.29) is 36.4 Å². The van der Waals surface area contributed by atoms with Gasteiger partial charge in [-0.2, -0.15) is 0 Å². The van der Waals surface area contributed by atoms with E-state index in [2.05, 4.69) is 20.5 Å². The van der Waals surface area contributed by atoms with Crippen molar-refractivity contribution >= 4 is 35.8 Å². The summed E-state index contributed by atoms with van der Waals surface area (Å²) in [5.41, 5.74) is 0. The molecule has 9 heteroatoms. The minimum atomic E-state index is -0.0262. The predicted molar refractivity (Wildman–Crippen MR) is 126 cm³/mol. The third-order valence-corrected chi connectivity index (χ3v) is 4.32. The Kier molecular flexibility index (Phi) is 13.4. The average molecular weight is 519 g/mol. The molecule has 2 rings (SSSR count). The lowest BCUT2D eigenvalue weighted by Gasteiger charge is -2.26. The molecule has 1 aliphatic heterocycles. The Bertz CT molecular complexity index is 595. The first kappa shape index (κ1) is 25.4. The van der Waals surface area contributed by atoms with Crippen LogP contribution in [-0.4, -0.2) is 94.9 Å². The number of aliphatic imine (C=N–C) groups is 1.